The normalized spacial score (nSPS) is 23.1. The van der Waals surface area contributed by atoms with Gasteiger partial charge in [-0.25, -0.2) is 17.6 Å². The Labute approximate surface area is 169 Å². The molecule has 4 rings (SSSR count). The molecule has 2 aromatic rings. The smallest absolute Gasteiger partial charge is 0.512 e. The lowest BCUT2D eigenvalue weighted by Gasteiger charge is -2.40. The molecule has 30 heavy (non-hydrogen) atoms. The largest absolute Gasteiger partial charge is 0.707 e. The SMILES string of the molecule is O=C1Nc2c(ccc(F)c2F)C1(c1ccc(OB(O)O)cc1)C1CCC(F)(F)CC1. The topological polar surface area (TPSA) is 78.8 Å². The maximum absolute atomic E-state index is 14.4. The molecule has 1 aliphatic heterocycles. The van der Waals surface area contributed by atoms with Gasteiger partial charge in [0.1, 0.15) is 11.2 Å². The lowest BCUT2D eigenvalue weighted by molar-refractivity contribution is -0.123. The van der Waals surface area contributed by atoms with Crippen molar-refractivity contribution in [2.75, 3.05) is 5.32 Å². The van der Waals surface area contributed by atoms with E-state index in [1.54, 1.807) is 0 Å². The molecule has 0 bridgehead atoms. The van der Waals surface area contributed by atoms with Gasteiger partial charge >= 0.3 is 7.32 Å². The third-order valence-electron chi connectivity index (χ3n) is 6.00. The summed E-state index contributed by atoms with van der Waals surface area (Å²) < 4.78 is 60.6. The van der Waals surface area contributed by atoms with E-state index in [-0.39, 0.29) is 29.8 Å². The van der Waals surface area contributed by atoms with Gasteiger partial charge in [0.05, 0.1) is 5.69 Å². The van der Waals surface area contributed by atoms with E-state index in [0.29, 0.717) is 5.56 Å². The molecule has 1 fully saturated rings. The Morgan fingerprint density at radius 3 is 2.27 bits per heavy atom. The quantitative estimate of drug-likeness (QED) is 0.521. The molecule has 3 N–H and O–H groups in total. The lowest BCUT2D eigenvalue weighted by Crippen LogP contribution is -2.45. The van der Waals surface area contributed by atoms with E-state index in [9.17, 15) is 22.4 Å². The van der Waals surface area contributed by atoms with Gasteiger partial charge in [-0.1, -0.05) is 18.2 Å². The fourth-order valence-corrected chi connectivity index (χ4v) is 4.65. The first-order valence-electron chi connectivity index (χ1n) is 9.46. The Morgan fingerprint density at radius 2 is 1.67 bits per heavy atom. The number of rotatable bonds is 4. The number of carbonyl (C=O) groups is 1. The number of hydrogen-bond donors (Lipinski definition) is 3. The van der Waals surface area contributed by atoms with Crippen LogP contribution in [0.1, 0.15) is 36.8 Å². The van der Waals surface area contributed by atoms with Crippen molar-refractivity contribution in [3.8, 4) is 5.75 Å². The Balaban J connectivity index is 1.86. The van der Waals surface area contributed by atoms with E-state index in [1.807, 2.05) is 0 Å². The maximum atomic E-state index is 14.4. The van der Waals surface area contributed by atoms with Crippen LogP contribution in [0, 0.1) is 17.6 Å². The molecule has 1 heterocycles. The summed E-state index contributed by atoms with van der Waals surface area (Å²) in [7, 11) is -2.04. The standard InChI is InChI=1S/C20H18BF4NO4/c22-15-6-5-14-17(16(15)23)26-18(27)20(14,12-7-9-19(24,25)10-8-12)11-1-3-13(4-2-11)30-21(28)29/h1-6,12,28-29H,7-10H2,(H,26,27). The fraction of sp³-hybridized carbons (Fsp3) is 0.350. The molecule has 1 unspecified atom stereocenters. The number of fused-ring (bicyclic) bond motifs is 1. The number of anilines is 1. The maximum Gasteiger partial charge on any atom is 0.707 e. The van der Waals surface area contributed by atoms with Gasteiger partial charge in [-0.15, -0.1) is 0 Å². The second-order valence-electron chi connectivity index (χ2n) is 7.64. The predicted octanol–water partition coefficient (Wildman–Crippen LogP) is 3.38. The first kappa shape index (κ1) is 20.7. The second kappa shape index (κ2) is 7.28. The summed E-state index contributed by atoms with van der Waals surface area (Å²) in [5.41, 5.74) is -1.20. The van der Waals surface area contributed by atoms with Crippen LogP contribution in [0.3, 0.4) is 0 Å². The molecule has 1 saturated carbocycles. The monoisotopic (exact) mass is 423 g/mol. The molecule has 5 nitrogen and oxygen atoms in total. The molecule has 2 aromatic carbocycles. The molecular weight excluding hydrogens is 405 g/mol. The summed E-state index contributed by atoms with van der Waals surface area (Å²) >= 11 is 0. The van der Waals surface area contributed by atoms with Crippen LogP contribution in [0.15, 0.2) is 36.4 Å². The molecule has 1 amide bonds. The summed E-state index contributed by atoms with van der Waals surface area (Å²) in [6, 6.07) is 7.97. The van der Waals surface area contributed by atoms with Crippen LogP contribution >= 0.6 is 0 Å². The Kier molecular flexibility index (Phi) is 5.02. The van der Waals surface area contributed by atoms with E-state index in [0.717, 1.165) is 6.07 Å². The summed E-state index contributed by atoms with van der Waals surface area (Å²) in [6.45, 7) is 0. The minimum absolute atomic E-state index is 0.0203. The molecule has 0 saturated heterocycles. The molecule has 0 radical (unpaired) electrons. The van der Waals surface area contributed by atoms with Gasteiger partial charge in [-0.05, 0) is 48.1 Å². The van der Waals surface area contributed by atoms with Gasteiger partial charge in [-0.3, -0.25) is 4.79 Å². The average Bonchev–Trinajstić information content (AvgIpc) is 2.98. The van der Waals surface area contributed by atoms with Crippen LogP contribution in [0.2, 0.25) is 0 Å². The van der Waals surface area contributed by atoms with Crippen LogP contribution in [-0.2, 0) is 10.2 Å². The van der Waals surface area contributed by atoms with Crippen LogP contribution in [-0.4, -0.2) is 29.2 Å². The van der Waals surface area contributed by atoms with Crippen molar-refractivity contribution in [2.24, 2.45) is 5.92 Å². The minimum atomic E-state index is -2.83. The number of alkyl halides is 2. The van der Waals surface area contributed by atoms with Crippen LogP contribution in [0.25, 0.3) is 0 Å². The number of hydrogen-bond acceptors (Lipinski definition) is 4. The summed E-state index contributed by atoms with van der Waals surface area (Å²) in [5, 5.41) is 20.3. The van der Waals surface area contributed by atoms with Crippen LogP contribution in [0.4, 0.5) is 23.2 Å². The van der Waals surface area contributed by atoms with Crippen molar-refractivity contribution >= 4 is 18.9 Å². The highest BCUT2D eigenvalue weighted by Gasteiger charge is 2.56. The third kappa shape index (κ3) is 3.24. The van der Waals surface area contributed by atoms with Crippen molar-refractivity contribution in [3.05, 3.63) is 59.2 Å². The molecule has 1 atom stereocenters. The highest BCUT2D eigenvalue weighted by atomic mass is 19.3. The Bertz CT molecular complexity index is 976. The van der Waals surface area contributed by atoms with Crippen molar-refractivity contribution in [3.63, 3.8) is 0 Å². The highest BCUT2D eigenvalue weighted by Crippen LogP contribution is 2.54. The fourth-order valence-electron chi connectivity index (χ4n) is 4.65. The van der Waals surface area contributed by atoms with Crippen molar-refractivity contribution < 1.29 is 37.1 Å². The number of halogens is 4. The van der Waals surface area contributed by atoms with Gasteiger partial charge < -0.3 is 20.0 Å². The van der Waals surface area contributed by atoms with Gasteiger partial charge in [0.2, 0.25) is 11.8 Å². The first-order valence-corrected chi connectivity index (χ1v) is 9.46. The van der Waals surface area contributed by atoms with E-state index >= 15 is 0 Å². The predicted molar refractivity (Wildman–Crippen MR) is 99.9 cm³/mol. The zero-order valence-electron chi connectivity index (χ0n) is 15.7. The number of carbonyl (C=O) groups excluding carboxylic acids is 1. The zero-order chi connectivity index (χ0) is 21.7. The van der Waals surface area contributed by atoms with E-state index in [2.05, 4.69) is 5.32 Å². The third-order valence-corrected chi connectivity index (χ3v) is 6.00. The molecule has 10 heteroatoms. The minimum Gasteiger partial charge on any atom is -0.512 e. The number of nitrogens with one attached hydrogen (secondary N) is 1. The summed E-state index contributed by atoms with van der Waals surface area (Å²) in [4.78, 5) is 13.2. The zero-order valence-corrected chi connectivity index (χ0v) is 15.7. The second-order valence-corrected chi connectivity index (χ2v) is 7.64. The van der Waals surface area contributed by atoms with Crippen LogP contribution in [0.5, 0.6) is 5.75 Å². The highest BCUT2D eigenvalue weighted by molar-refractivity contribution is 6.33. The molecule has 158 valence electrons. The van der Waals surface area contributed by atoms with Gasteiger partial charge in [0.15, 0.2) is 11.6 Å². The molecule has 1 aliphatic carbocycles. The molecule has 0 spiro atoms. The Morgan fingerprint density at radius 1 is 1.03 bits per heavy atom. The first-order chi connectivity index (χ1) is 14.1. The van der Waals surface area contributed by atoms with E-state index in [4.69, 9.17) is 14.7 Å². The average molecular weight is 423 g/mol. The Hall–Kier alpha value is -2.59. The van der Waals surface area contributed by atoms with Crippen LogP contribution < -0.4 is 9.97 Å². The van der Waals surface area contributed by atoms with E-state index < -0.39 is 55.0 Å². The van der Waals surface area contributed by atoms with E-state index in [1.165, 1.54) is 30.3 Å². The van der Waals surface area contributed by atoms with Crippen molar-refractivity contribution in [1.29, 1.82) is 0 Å². The molecular formula is C20H18BF4NO4. The lowest BCUT2D eigenvalue weighted by atomic mass is 9.61. The van der Waals surface area contributed by atoms with Gasteiger partial charge in [0.25, 0.3) is 0 Å². The molecule has 0 aromatic heterocycles. The van der Waals surface area contributed by atoms with Crippen molar-refractivity contribution in [2.45, 2.75) is 37.0 Å². The number of amides is 1. The van der Waals surface area contributed by atoms with Gasteiger partial charge in [0, 0.05) is 12.8 Å². The molecule has 2 aliphatic rings. The summed E-state index contributed by atoms with van der Waals surface area (Å²) in [5.74, 6) is -6.25. The van der Waals surface area contributed by atoms with Crippen molar-refractivity contribution in [1.82, 2.24) is 0 Å². The van der Waals surface area contributed by atoms with Gasteiger partial charge in [-0.2, -0.15) is 0 Å². The number of benzene rings is 2. The summed E-state index contributed by atoms with van der Waals surface area (Å²) in [6.07, 6.45) is -0.786.